The fraction of sp³-hybridized carbons (Fsp3) is 0.125. The maximum atomic E-state index is 13.9. The van der Waals surface area contributed by atoms with Crippen molar-refractivity contribution in [3.8, 4) is 0 Å². The molecule has 0 aliphatic carbocycles. The molecular weight excluding hydrogens is 571 g/mol. The van der Waals surface area contributed by atoms with Gasteiger partial charge in [-0.05, 0) is 129 Å². The van der Waals surface area contributed by atoms with Crippen LogP contribution in [-0.4, -0.2) is 21.9 Å². The summed E-state index contributed by atoms with van der Waals surface area (Å²) in [5, 5.41) is 0.720. The number of aryl methyl sites for hydroxylation is 4. The third kappa shape index (κ3) is 5.36. The summed E-state index contributed by atoms with van der Waals surface area (Å²) in [6, 6.07) is 23.1. The summed E-state index contributed by atoms with van der Waals surface area (Å²) in [4.78, 5) is 35.4. The zero-order valence-electron chi connectivity index (χ0n) is 22.8. The van der Waals surface area contributed by atoms with Crippen LogP contribution >= 0.6 is 35.3 Å². The van der Waals surface area contributed by atoms with Crippen molar-refractivity contribution in [2.24, 2.45) is 0 Å². The molecule has 6 rings (SSSR count). The van der Waals surface area contributed by atoms with Gasteiger partial charge in [-0.2, -0.15) is 0 Å². The van der Waals surface area contributed by atoms with Gasteiger partial charge in [0, 0.05) is 0 Å². The van der Waals surface area contributed by atoms with Crippen molar-refractivity contribution in [1.29, 1.82) is 0 Å². The molecule has 1 aliphatic heterocycles. The van der Waals surface area contributed by atoms with Crippen molar-refractivity contribution in [2.75, 3.05) is 9.80 Å². The summed E-state index contributed by atoms with van der Waals surface area (Å²) in [5.41, 5.74) is 6.05. The smallest absolute Gasteiger partial charge is 0.270 e. The fourth-order valence-electron chi connectivity index (χ4n) is 4.93. The van der Waals surface area contributed by atoms with E-state index in [0.29, 0.717) is 22.2 Å². The number of carbonyl (C=O) groups excluding carboxylic acids is 2. The van der Waals surface area contributed by atoms with E-state index < -0.39 is 11.8 Å². The SMILES string of the molecule is Cc1cc(C)cc(N2C(=O)C(=Cc3ccc(Sc4nc5ccccc5s4)o3)C(=O)N(c3cc(C)cc(C)c3)C2=S)c1. The summed E-state index contributed by atoms with van der Waals surface area (Å²) in [6.45, 7) is 7.85. The van der Waals surface area contributed by atoms with Crippen LogP contribution in [0.3, 0.4) is 0 Å². The van der Waals surface area contributed by atoms with Gasteiger partial charge in [-0.15, -0.1) is 11.3 Å². The normalized spacial score (nSPS) is 14.0. The maximum absolute atomic E-state index is 13.9. The lowest BCUT2D eigenvalue weighted by Crippen LogP contribution is -2.57. The molecule has 3 aromatic carbocycles. The second kappa shape index (κ2) is 10.7. The van der Waals surface area contributed by atoms with Gasteiger partial charge in [0.15, 0.2) is 14.5 Å². The Kier molecular flexibility index (Phi) is 7.11. The van der Waals surface area contributed by atoms with E-state index in [1.165, 1.54) is 27.6 Å². The first kappa shape index (κ1) is 27.1. The van der Waals surface area contributed by atoms with E-state index in [0.717, 1.165) is 36.8 Å². The Morgan fingerprint density at radius 3 is 1.93 bits per heavy atom. The third-order valence-electron chi connectivity index (χ3n) is 6.53. The second-order valence-corrected chi connectivity index (χ2v) is 12.7. The Morgan fingerprint density at radius 2 is 1.37 bits per heavy atom. The quantitative estimate of drug-likeness (QED) is 0.116. The van der Waals surface area contributed by atoms with Gasteiger partial charge in [-0.25, -0.2) is 4.98 Å². The monoisotopic (exact) mass is 595 g/mol. The Hall–Kier alpha value is -4.05. The second-order valence-electron chi connectivity index (χ2n) is 10.0. The molecule has 2 amide bonds. The number of benzene rings is 3. The van der Waals surface area contributed by atoms with Gasteiger partial charge in [0.2, 0.25) is 0 Å². The lowest BCUT2D eigenvalue weighted by atomic mass is 10.0. The predicted molar refractivity (Wildman–Crippen MR) is 170 cm³/mol. The van der Waals surface area contributed by atoms with Gasteiger partial charge in [0.25, 0.3) is 11.8 Å². The highest BCUT2D eigenvalue weighted by molar-refractivity contribution is 8.01. The van der Waals surface area contributed by atoms with E-state index in [1.807, 2.05) is 94.4 Å². The number of rotatable bonds is 5. The van der Waals surface area contributed by atoms with Gasteiger partial charge in [0.05, 0.1) is 21.6 Å². The molecule has 0 N–H and O–H groups in total. The van der Waals surface area contributed by atoms with Crippen molar-refractivity contribution in [3.05, 3.63) is 106 Å². The number of amides is 2. The van der Waals surface area contributed by atoms with Crippen LogP contribution in [-0.2, 0) is 9.59 Å². The molecule has 3 heterocycles. The first-order valence-electron chi connectivity index (χ1n) is 12.9. The minimum atomic E-state index is -0.498. The lowest BCUT2D eigenvalue weighted by Gasteiger charge is -2.37. The fourth-order valence-corrected chi connectivity index (χ4v) is 7.28. The van der Waals surface area contributed by atoms with Gasteiger partial charge in [-0.1, -0.05) is 24.3 Å². The van der Waals surface area contributed by atoms with E-state index in [2.05, 4.69) is 4.98 Å². The topological polar surface area (TPSA) is 66.7 Å². The number of furan rings is 1. The van der Waals surface area contributed by atoms with Crippen LogP contribution < -0.4 is 9.80 Å². The van der Waals surface area contributed by atoms with Crippen LogP contribution in [0.2, 0.25) is 0 Å². The number of para-hydroxylation sites is 1. The number of carbonyl (C=O) groups is 2. The predicted octanol–water partition coefficient (Wildman–Crippen LogP) is 8.02. The molecule has 41 heavy (non-hydrogen) atoms. The summed E-state index contributed by atoms with van der Waals surface area (Å²) >= 11 is 8.79. The molecule has 2 aromatic heterocycles. The summed E-state index contributed by atoms with van der Waals surface area (Å²) < 4.78 is 7.99. The van der Waals surface area contributed by atoms with Crippen LogP contribution in [0.15, 0.2) is 92.2 Å². The largest absolute Gasteiger partial charge is 0.450 e. The molecule has 204 valence electrons. The highest BCUT2D eigenvalue weighted by atomic mass is 32.2. The van der Waals surface area contributed by atoms with Crippen molar-refractivity contribution in [3.63, 3.8) is 0 Å². The summed E-state index contributed by atoms with van der Waals surface area (Å²) in [5.74, 6) is -0.608. The highest BCUT2D eigenvalue weighted by Gasteiger charge is 2.41. The minimum Gasteiger partial charge on any atom is -0.450 e. The van der Waals surface area contributed by atoms with Crippen molar-refractivity contribution in [2.45, 2.75) is 37.1 Å². The van der Waals surface area contributed by atoms with Gasteiger partial charge in [-0.3, -0.25) is 19.4 Å². The maximum Gasteiger partial charge on any atom is 0.270 e. The van der Waals surface area contributed by atoms with E-state index in [-0.39, 0.29) is 10.7 Å². The molecule has 0 spiro atoms. The standard InChI is InChI=1S/C32H25N3O3S3/c1-18-11-19(2)14-22(13-18)34-29(36)25(30(37)35(32(34)39)23-15-20(3)12-21(4)16-23)17-24-9-10-28(38-24)41-31-33-26-7-5-6-8-27(26)40-31/h5-17H,1-4H3. The van der Waals surface area contributed by atoms with E-state index in [9.17, 15) is 9.59 Å². The molecule has 1 aliphatic rings. The molecular formula is C32H25N3O3S3. The summed E-state index contributed by atoms with van der Waals surface area (Å²) in [6.07, 6.45) is 1.50. The van der Waals surface area contributed by atoms with Crippen molar-refractivity contribution in [1.82, 2.24) is 4.98 Å². The number of anilines is 2. The van der Waals surface area contributed by atoms with Crippen molar-refractivity contribution >= 4 is 79.9 Å². The molecule has 0 bridgehead atoms. The molecule has 0 radical (unpaired) electrons. The molecule has 0 saturated carbocycles. The molecule has 0 atom stereocenters. The van der Waals surface area contributed by atoms with Crippen LogP contribution in [0.4, 0.5) is 11.4 Å². The lowest BCUT2D eigenvalue weighted by molar-refractivity contribution is -0.120. The average molecular weight is 596 g/mol. The Labute approximate surface area is 251 Å². The number of hydrogen-bond acceptors (Lipinski definition) is 7. The van der Waals surface area contributed by atoms with Crippen LogP contribution in [0.5, 0.6) is 0 Å². The number of nitrogens with zero attached hydrogens (tertiary/aromatic N) is 3. The van der Waals surface area contributed by atoms with E-state index >= 15 is 0 Å². The van der Waals surface area contributed by atoms with Crippen LogP contribution in [0, 0.1) is 27.7 Å². The molecule has 6 nitrogen and oxygen atoms in total. The molecule has 1 saturated heterocycles. The van der Waals surface area contributed by atoms with Gasteiger partial charge < -0.3 is 4.42 Å². The molecule has 1 fully saturated rings. The van der Waals surface area contributed by atoms with Gasteiger partial charge >= 0.3 is 0 Å². The molecule has 5 aromatic rings. The highest BCUT2D eigenvalue weighted by Crippen LogP contribution is 2.36. The Bertz CT molecular complexity index is 1750. The Morgan fingerprint density at radius 1 is 0.805 bits per heavy atom. The van der Waals surface area contributed by atoms with E-state index in [4.69, 9.17) is 16.6 Å². The van der Waals surface area contributed by atoms with Crippen molar-refractivity contribution < 1.29 is 14.0 Å². The van der Waals surface area contributed by atoms with Crippen LogP contribution in [0.1, 0.15) is 28.0 Å². The van der Waals surface area contributed by atoms with Gasteiger partial charge in [0.1, 0.15) is 11.3 Å². The number of thiocarbonyl (C=S) groups is 1. The average Bonchev–Trinajstić information content (AvgIpc) is 3.51. The number of fused-ring (bicyclic) bond motifs is 1. The number of thiazole rings is 1. The minimum absolute atomic E-state index is 0.0391. The zero-order chi connectivity index (χ0) is 28.8. The zero-order valence-corrected chi connectivity index (χ0v) is 25.2. The molecule has 0 unspecified atom stereocenters. The summed E-state index contributed by atoms with van der Waals surface area (Å²) in [7, 11) is 0. The first-order valence-corrected chi connectivity index (χ1v) is 14.9. The Balaban J connectivity index is 1.40. The number of hydrogen-bond donors (Lipinski definition) is 0. The van der Waals surface area contributed by atoms with Crippen LogP contribution in [0.25, 0.3) is 16.3 Å². The number of aromatic nitrogens is 1. The first-order chi connectivity index (χ1) is 19.7. The molecule has 9 heteroatoms. The van der Waals surface area contributed by atoms with E-state index in [1.54, 1.807) is 17.4 Å². The third-order valence-corrected chi connectivity index (χ3v) is 8.91.